The van der Waals surface area contributed by atoms with E-state index in [1.165, 1.54) is 6.66 Å². The number of hydrogen-bond acceptors (Lipinski definition) is 4. The first kappa shape index (κ1) is 15.1. The van der Waals surface area contributed by atoms with Crippen LogP contribution in [0.1, 0.15) is 39.5 Å². The molecule has 0 aliphatic rings. The average molecular weight is 237 g/mol. The standard InChI is InChI=1S/C10H24NO3P/c1-10(2)14-15(3,12)13-9-7-5-4-6-8-11/h10H,4-9,11H2,1-3H3. The van der Waals surface area contributed by atoms with E-state index in [1.54, 1.807) is 0 Å². The lowest BCUT2D eigenvalue weighted by atomic mass is 10.2. The Hall–Kier alpha value is 0.110. The SMILES string of the molecule is CC(C)OP(C)(=O)OCCCCCCN. The smallest absolute Gasteiger partial charge is 0.327 e. The van der Waals surface area contributed by atoms with Crippen LogP contribution in [-0.4, -0.2) is 25.9 Å². The van der Waals surface area contributed by atoms with Gasteiger partial charge in [0.05, 0.1) is 12.7 Å². The van der Waals surface area contributed by atoms with E-state index in [4.69, 9.17) is 14.8 Å². The summed E-state index contributed by atoms with van der Waals surface area (Å²) in [5, 5.41) is 0. The summed E-state index contributed by atoms with van der Waals surface area (Å²) in [6.07, 6.45) is 4.08. The van der Waals surface area contributed by atoms with Crippen molar-refractivity contribution >= 4 is 7.60 Å². The Bertz CT molecular complexity index is 197. The summed E-state index contributed by atoms with van der Waals surface area (Å²) in [6, 6.07) is 0. The molecule has 5 heteroatoms. The first-order valence-electron chi connectivity index (χ1n) is 5.58. The van der Waals surface area contributed by atoms with E-state index in [0.717, 1.165) is 32.2 Å². The Morgan fingerprint density at radius 2 is 1.80 bits per heavy atom. The number of unbranched alkanes of at least 4 members (excludes halogenated alkanes) is 3. The zero-order chi connectivity index (χ0) is 11.7. The highest BCUT2D eigenvalue weighted by Gasteiger charge is 2.17. The third-order valence-electron chi connectivity index (χ3n) is 1.83. The molecule has 0 saturated carbocycles. The van der Waals surface area contributed by atoms with Crippen LogP contribution in [0.25, 0.3) is 0 Å². The second kappa shape index (κ2) is 8.28. The molecule has 0 bridgehead atoms. The van der Waals surface area contributed by atoms with Crippen LogP contribution in [-0.2, 0) is 13.6 Å². The highest BCUT2D eigenvalue weighted by molar-refractivity contribution is 7.52. The minimum Gasteiger partial charge on any atom is -0.330 e. The Morgan fingerprint density at radius 1 is 1.20 bits per heavy atom. The van der Waals surface area contributed by atoms with E-state index in [1.807, 2.05) is 13.8 Å². The van der Waals surface area contributed by atoms with Gasteiger partial charge in [0.1, 0.15) is 0 Å². The summed E-state index contributed by atoms with van der Waals surface area (Å²) >= 11 is 0. The van der Waals surface area contributed by atoms with Crippen molar-refractivity contribution in [3.8, 4) is 0 Å². The van der Waals surface area contributed by atoms with Crippen molar-refractivity contribution in [2.75, 3.05) is 19.8 Å². The lowest BCUT2D eigenvalue weighted by molar-refractivity contribution is 0.170. The molecule has 0 heterocycles. The molecule has 1 atom stereocenters. The molecular weight excluding hydrogens is 213 g/mol. The van der Waals surface area contributed by atoms with Crippen molar-refractivity contribution in [3.63, 3.8) is 0 Å². The van der Waals surface area contributed by atoms with Crippen LogP contribution in [0.15, 0.2) is 0 Å². The highest BCUT2D eigenvalue weighted by atomic mass is 31.2. The second-order valence-electron chi connectivity index (χ2n) is 3.96. The van der Waals surface area contributed by atoms with Gasteiger partial charge in [-0.15, -0.1) is 0 Å². The molecule has 0 aliphatic carbocycles. The van der Waals surface area contributed by atoms with Crippen LogP contribution in [0.2, 0.25) is 0 Å². The van der Waals surface area contributed by atoms with Crippen LogP contribution in [0.3, 0.4) is 0 Å². The first-order valence-corrected chi connectivity index (χ1v) is 7.57. The molecule has 2 N–H and O–H groups in total. The van der Waals surface area contributed by atoms with Gasteiger partial charge < -0.3 is 14.8 Å². The molecule has 0 aromatic heterocycles. The topological polar surface area (TPSA) is 61.5 Å². The van der Waals surface area contributed by atoms with Gasteiger partial charge in [-0.25, -0.2) is 0 Å². The lowest BCUT2D eigenvalue weighted by Gasteiger charge is -2.16. The fourth-order valence-corrected chi connectivity index (χ4v) is 2.53. The minimum absolute atomic E-state index is 0.0573. The molecular formula is C10H24NO3P. The fraction of sp³-hybridized carbons (Fsp3) is 1.00. The maximum absolute atomic E-state index is 11.6. The van der Waals surface area contributed by atoms with Gasteiger partial charge in [-0.05, 0) is 33.2 Å². The Labute approximate surface area is 93.1 Å². The molecule has 1 unspecified atom stereocenters. The third kappa shape index (κ3) is 10.4. The molecule has 92 valence electrons. The van der Waals surface area contributed by atoms with Gasteiger partial charge in [-0.1, -0.05) is 12.8 Å². The average Bonchev–Trinajstić information content (AvgIpc) is 2.08. The summed E-state index contributed by atoms with van der Waals surface area (Å²) in [5.74, 6) is 0. The van der Waals surface area contributed by atoms with E-state index in [0.29, 0.717) is 6.61 Å². The van der Waals surface area contributed by atoms with Gasteiger partial charge in [0.2, 0.25) is 0 Å². The van der Waals surface area contributed by atoms with Gasteiger partial charge in [-0.2, -0.15) is 0 Å². The maximum atomic E-state index is 11.6. The van der Waals surface area contributed by atoms with E-state index in [-0.39, 0.29) is 6.10 Å². The predicted molar refractivity (Wildman–Crippen MR) is 63.2 cm³/mol. The summed E-state index contributed by atoms with van der Waals surface area (Å²) in [5.41, 5.74) is 5.37. The predicted octanol–water partition coefficient (Wildman–Crippen LogP) is 2.77. The van der Waals surface area contributed by atoms with Crippen LogP contribution < -0.4 is 5.73 Å². The molecule has 0 rings (SSSR count). The Kier molecular flexibility index (Phi) is 8.34. The van der Waals surface area contributed by atoms with E-state index in [2.05, 4.69) is 0 Å². The molecule has 0 spiro atoms. The summed E-state index contributed by atoms with van der Waals surface area (Å²) in [4.78, 5) is 0. The zero-order valence-electron chi connectivity index (χ0n) is 10.1. The fourth-order valence-electron chi connectivity index (χ4n) is 1.24. The lowest BCUT2D eigenvalue weighted by Crippen LogP contribution is -2.03. The van der Waals surface area contributed by atoms with Crippen LogP contribution in [0.4, 0.5) is 0 Å². The summed E-state index contributed by atoms with van der Waals surface area (Å²) in [6.45, 7) is 6.46. The normalized spacial score (nSPS) is 15.5. The number of nitrogens with two attached hydrogens (primary N) is 1. The van der Waals surface area contributed by atoms with Crippen LogP contribution in [0, 0.1) is 0 Å². The molecule has 0 aliphatic heterocycles. The first-order chi connectivity index (χ1) is 6.98. The molecule has 0 amide bonds. The van der Waals surface area contributed by atoms with Crippen molar-refractivity contribution in [1.82, 2.24) is 0 Å². The number of hydrogen-bond donors (Lipinski definition) is 1. The molecule has 0 fully saturated rings. The molecule has 0 saturated heterocycles. The minimum atomic E-state index is -2.83. The van der Waals surface area contributed by atoms with Gasteiger partial charge in [0.25, 0.3) is 0 Å². The molecule has 0 aromatic carbocycles. The van der Waals surface area contributed by atoms with Gasteiger partial charge in [-0.3, -0.25) is 4.57 Å². The van der Waals surface area contributed by atoms with Crippen molar-refractivity contribution in [2.24, 2.45) is 5.73 Å². The quantitative estimate of drug-likeness (QED) is 0.494. The van der Waals surface area contributed by atoms with Gasteiger partial charge >= 0.3 is 7.60 Å². The molecule has 0 radical (unpaired) electrons. The molecule has 0 aromatic rings. The zero-order valence-corrected chi connectivity index (χ0v) is 11.0. The largest absolute Gasteiger partial charge is 0.330 e. The number of rotatable bonds is 9. The van der Waals surface area contributed by atoms with Crippen molar-refractivity contribution in [1.29, 1.82) is 0 Å². The monoisotopic (exact) mass is 237 g/mol. The molecule has 15 heavy (non-hydrogen) atoms. The van der Waals surface area contributed by atoms with E-state index >= 15 is 0 Å². The Morgan fingerprint density at radius 3 is 2.33 bits per heavy atom. The summed E-state index contributed by atoms with van der Waals surface area (Å²) < 4.78 is 22.1. The van der Waals surface area contributed by atoms with Crippen molar-refractivity contribution < 1.29 is 13.6 Å². The summed E-state index contributed by atoms with van der Waals surface area (Å²) in [7, 11) is -2.83. The highest BCUT2D eigenvalue weighted by Crippen LogP contribution is 2.45. The van der Waals surface area contributed by atoms with Crippen molar-refractivity contribution in [3.05, 3.63) is 0 Å². The second-order valence-corrected chi connectivity index (χ2v) is 5.97. The van der Waals surface area contributed by atoms with Crippen LogP contribution >= 0.6 is 7.60 Å². The van der Waals surface area contributed by atoms with E-state index in [9.17, 15) is 4.57 Å². The van der Waals surface area contributed by atoms with E-state index < -0.39 is 7.60 Å². The van der Waals surface area contributed by atoms with Gasteiger partial charge in [0.15, 0.2) is 0 Å². The van der Waals surface area contributed by atoms with Gasteiger partial charge in [0, 0.05) is 6.66 Å². The Balaban J connectivity index is 3.45. The third-order valence-corrected chi connectivity index (χ3v) is 3.28. The molecule has 4 nitrogen and oxygen atoms in total. The van der Waals surface area contributed by atoms with Crippen LogP contribution in [0.5, 0.6) is 0 Å². The van der Waals surface area contributed by atoms with Crippen molar-refractivity contribution in [2.45, 2.75) is 45.6 Å². The maximum Gasteiger partial charge on any atom is 0.327 e.